The predicted octanol–water partition coefficient (Wildman–Crippen LogP) is 1.62. The zero-order valence-electron chi connectivity index (χ0n) is 11.7. The Morgan fingerprint density at radius 2 is 2.40 bits per heavy atom. The average Bonchev–Trinajstić information content (AvgIpc) is 3.08. The Balaban J connectivity index is 1.83. The maximum absolute atomic E-state index is 12.0. The molecule has 20 heavy (non-hydrogen) atoms. The number of nitrogens with zero attached hydrogens (tertiary/aromatic N) is 4. The zero-order valence-corrected chi connectivity index (χ0v) is 11.7. The van der Waals surface area contributed by atoms with Gasteiger partial charge in [-0.3, -0.25) is 0 Å². The quantitative estimate of drug-likeness (QED) is 0.870. The highest BCUT2D eigenvalue weighted by atomic mass is 16.5. The molecule has 0 saturated heterocycles. The summed E-state index contributed by atoms with van der Waals surface area (Å²) in [5.74, 6) is 0.857. The minimum atomic E-state index is -0.168. The van der Waals surface area contributed by atoms with Crippen LogP contribution < -0.4 is 5.32 Å². The molecule has 2 aromatic rings. The number of imidazole rings is 1. The number of nitrogens with one attached hydrogen (secondary N) is 1. The molecule has 0 unspecified atom stereocenters. The number of urea groups is 1. The first-order valence-corrected chi connectivity index (χ1v) is 6.59. The second-order valence-electron chi connectivity index (χ2n) is 4.54. The largest absolute Gasteiger partial charge is 0.364 e. The van der Waals surface area contributed by atoms with E-state index in [1.165, 1.54) is 6.26 Å². The SMILES string of the molecule is CCCn1ccnc1CNC(=O)N(C)Cc1ccon1. The normalized spacial score (nSPS) is 10.5. The summed E-state index contributed by atoms with van der Waals surface area (Å²) in [4.78, 5) is 17.7. The van der Waals surface area contributed by atoms with Crippen molar-refractivity contribution in [3.8, 4) is 0 Å². The summed E-state index contributed by atoms with van der Waals surface area (Å²) < 4.78 is 6.77. The molecule has 0 bridgehead atoms. The molecular formula is C13H19N5O2. The van der Waals surface area contributed by atoms with Gasteiger partial charge in [0.15, 0.2) is 0 Å². The van der Waals surface area contributed by atoms with E-state index in [2.05, 4.69) is 22.4 Å². The van der Waals surface area contributed by atoms with Crippen LogP contribution in [0.25, 0.3) is 0 Å². The lowest BCUT2D eigenvalue weighted by molar-refractivity contribution is 0.204. The molecule has 0 aliphatic rings. The summed E-state index contributed by atoms with van der Waals surface area (Å²) in [6.45, 7) is 3.83. The minimum Gasteiger partial charge on any atom is -0.364 e. The summed E-state index contributed by atoms with van der Waals surface area (Å²) in [5.41, 5.74) is 0.718. The van der Waals surface area contributed by atoms with Crippen molar-refractivity contribution in [1.82, 2.24) is 24.9 Å². The molecule has 0 fully saturated rings. The monoisotopic (exact) mass is 277 g/mol. The number of amides is 2. The van der Waals surface area contributed by atoms with Crippen LogP contribution in [0.15, 0.2) is 29.2 Å². The molecule has 2 amide bonds. The van der Waals surface area contributed by atoms with Crippen molar-refractivity contribution in [1.29, 1.82) is 0 Å². The highest BCUT2D eigenvalue weighted by Crippen LogP contribution is 2.02. The molecule has 7 nitrogen and oxygen atoms in total. The van der Waals surface area contributed by atoms with Gasteiger partial charge < -0.3 is 19.3 Å². The smallest absolute Gasteiger partial charge is 0.317 e. The van der Waals surface area contributed by atoms with E-state index in [0.29, 0.717) is 13.1 Å². The molecule has 0 saturated carbocycles. The van der Waals surface area contributed by atoms with Crippen LogP contribution in [-0.4, -0.2) is 32.7 Å². The Morgan fingerprint density at radius 3 is 3.10 bits per heavy atom. The fourth-order valence-electron chi connectivity index (χ4n) is 1.88. The van der Waals surface area contributed by atoms with Gasteiger partial charge in [0.1, 0.15) is 17.8 Å². The van der Waals surface area contributed by atoms with Crippen molar-refractivity contribution in [3.63, 3.8) is 0 Å². The molecule has 0 radical (unpaired) electrons. The average molecular weight is 277 g/mol. The third-order valence-electron chi connectivity index (χ3n) is 2.90. The highest BCUT2D eigenvalue weighted by Gasteiger charge is 2.11. The molecule has 2 heterocycles. The van der Waals surface area contributed by atoms with Gasteiger partial charge in [0.25, 0.3) is 0 Å². The molecule has 0 spiro atoms. The van der Waals surface area contributed by atoms with Gasteiger partial charge in [-0.25, -0.2) is 9.78 Å². The summed E-state index contributed by atoms with van der Waals surface area (Å²) in [7, 11) is 1.71. The molecule has 0 atom stereocenters. The maximum Gasteiger partial charge on any atom is 0.317 e. The Bertz CT molecular complexity index is 535. The number of rotatable bonds is 6. The fourth-order valence-corrected chi connectivity index (χ4v) is 1.88. The molecule has 7 heteroatoms. The third kappa shape index (κ3) is 3.59. The van der Waals surface area contributed by atoms with E-state index in [1.54, 1.807) is 24.2 Å². The van der Waals surface area contributed by atoms with Gasteiger partial charge >= 0.3 is 6.03 Å². The van der Waals surface area contributed by atoms with Crippen molar-refractivity contribution in [2.75, 3.05) is 7.05 Å². The van der Waals surface area contributed by atoms with Gasteiger partial charge in [0.05, 0.1) is 13.1 Å². The van der Waals surface area contributed by atoms with Crippen molar-refractivity contribution >= 4 is 6.03 Å². The van der Waals surface area contributed by atoms with E-state index in [-0.39, 0.29) is 6.03 Å². The summed E-state index contributed by atoms with van der Waals surface area (Å²) in [6, 6.07) is 1.57. The second kappa shape index (κ2) is 6.74. The van der Waals surface area contributed by atoms with E-state index < -0.39 is 0 Å². The Hall–Kier alpha value is -2.31. The maximum atomic E-state index is 12.0. The van der Waals surface area contributed by atoms with Crippen LogP contribution in [0.3, 0.4) is 0 Å². The Kier molecular flexibility index (Phi) is 4.75. The molecule has 108 valence electrons. The van der Waals surface area contributed by atoms with Crippen LogP contribution >= 0.6 is 0 Å². The van der Waals surface area contributed by atoms with Gasteiger partial charge in [0, 0.05) is 32.1 Å². The van der Waals surface area contributed by atoms with Gasteiger partial charge in [-0.1, -0.05) is 12.1 Å². The van der Waals surface area contributed by atoms with Gasteiger partial charge in [-0.05, 0) is 6.42 Å². The molecular weight excluding hydrogens is 258 g/mol. The van der Waals surface area contributed by atoms with E-state index in [0.717, 1.165) is 24.5 Å². The molecule has 0 aliphatic carbocycles. The fraction of sp³-hybridized carbons (Fsp3) is 0.462. The number of aryl methyl sites for hydroxylation is 1. The van der Waals surface area contributed by atoms with E-state index in [9.17, 15) is 4.79 Å². The lowest BCUT2D eigenvalue weighted by atomic mass is 10.4. The molecule has 2 rings (SSSR count). The molecule has 1 N–H and O–H groups in total. The first-order valence-electron chi connectivity index (χ1n) is 6.59. The number of carbonyl (C=O) groups is 1. The van der Waals surface area contributed by atoms with Crippen molar-refractivity contribution < 1.29 is 9.32 Å². The number of aromatic nitrogens is 3. The first-order chi connectivity index (χ1) is 9.70. The number of carbonyl (C=O) groups excluding carboxylic acids is 1. The lowest BCUT2D eigenvalue weighted by Gasteiger charge is -2.16. The third-order valence-corrected chi connectivity index (χ3v) is 2.90. The molecule has 0 aliphatic heterocycles. The van der Waals surface area contributed by atoms with Gasteiger partial charge in [-0.2, -0.15) is 0 Å². The first kappa shape index (κ1) is 14.1. The standard InChI is InChI=1S/C13H19N5O2/c1-3-6-18-7-5-14-12(18)9-15-13(19)17(2)10-11-4-8-20-16-11/h4-5,7-8H,3,6,9-10H2,1-2H3,(H,15,19). The Morgan fingerprint density at radius 1 is 1.55 bits per heavy atom. The van der Waals surface area contributed by atoms with Gasteiger partial charge in [-0.15, -0.1) is 0 Å². The predicted molar refractivity (Wildman–Crippen MR) is 72.7 cm³/mol. The Labute approximate surface area is 117 Å². The van der Waals surface area contributed by atoms with E-state index >= 15 is 0 Å². The number of hydrogen-bond donors (Lipinski definition) is 1. The van der Waals surface area contributed by atoms with Crippen molar-refractivity contribution in [2.24, 2.45) is 0 Å². The zero-order chi connectivity index (χ0) is 14.4. The van der Waals surface area contributed by atoms with Crippen LogP contribution in [0.2, 0.25) is 0 Å². The van der Waals surface area contributed by atoms with Crippen LogP contribution in [0, 0.1) is 0 Å². The summed E-state index contributed by atoms with van der Waals surface area (Å²) in [6.07, 6.45) is 6.19. The topological polar surface area (TPSA) is 76.2 Å². The minimum absolute atomic E-state index is 0.168. The van der Waals surface area contributed by atoms with Gasteiger partial charge in [0.2, 0.25) is 0 Å². The number of hydrogen-bond acceptors (Lipinski definition) is 4. The van der Waals surface area contributed by atoms with E-state index in [4.69, 9.17) is 4.52 Å². The molecule has 2 aromatic heterocycles. The second-order valence-corrected chi connectivity index (χ2v) is 4.54. The highest BCUT2D eigenvalue weighted by molar-refractivity contribution is 5.73. The molecule has 0 aromatic carbocycles. The lowest BCUT2D eigenvalue weighted by Crippen LogP contribution is -2.37. The van der Waals surface area contributed by atoms with E-state index in [1.807, 2.05) is 10.8 Å². The van der Waals surface area contributed by atoms with Crippen LogP contribution in [-0.2, 0) is 19.6 Å². The summed E-state index contributed by atoms with van der Waals surface area (Å²) in [5, 5.41) is 6.62. The van der Waals surface area contributed by atoms with Crippen LogP contribution in [0.1, 0.15) is 24.9 Å². The van der Waals surface area contributed by atoms with Crippen LogP contribution in [0.5, 0.6) is 0 Å². The summed E-state index contributed by atoms with van der Waals surface area (Å²) >= 11 is 0. The van der Waals surface area contributed by atoms with Crippen LogP contribution in [0.4, 0.5) is 4.79 Å². The van der Waals surface area contributed by atoms with Crippen molar-refractivity contribution in [3.05, 3.63) is 36.2 Å². The van der Waals surface area contributed by atoms with Crippen molar-refractivity contribution in [2.45, 2.75) is 33.0 Å².